The Bertz CT molecular complexity index is 514. The lowest BCUT2D eigenvalue weighted by atomic mass is 10.0. The lowest BCUT2D eigenvalue weighted by molar-refractivity contribution is -0.0191. The highest BCUT2D eigenvalue weighted by Gasteiger charge is 2.47. The van der Waals surface area contributed by atoms with Gasteiger partial charge < -0.3 is 25.0 Å². The van der Waals surface area contributed by atoms with Crippen LogP contribution >= 0.6 is 0 Å². The molecule has 1 amide bonds. The Morgan fingerprint density at radius 2 is 2.10 bits per heavy atom. The first kappa shape index (κ1) is 13.1. The first-order chi connectivity index (χ1) is 9.58. The van der Waals surface area contributed by atoms with Gasteiger partial charge in [0.05, 0.1) is 6.10 Å². The zero-order chi connectivity index (χ0) is 14.2. The zero-order valence-corrected chi connectivity index (χ0v) is 10.9. The number of amides is 1. The van der Waals surface area contributed by atoms with E-state index in [1.165, 1.54) is 0 Å². The Labute approximate surface area is 116 Å². The summed E-state index contributed by atoms with van der Waals surface area (Å²) in [7, 11) is 0. The van der Waals surface area contributed by atoms with Crippen LogP contribution in [0.1, 0.15) is 19.3 Å². The van der Waals surface area contributed by atoms with Crippen molar-refractivity contribution in [2.24, 2.45) is 0 Å². The molecular formula is C14H17NO5. The van der Waals surface area contributed by atoms with Gasteiger partial charge >= 0.3 is 6.09 Å². The first-order valence-electron chi connectivity index (χ1n) is 6.66. The van der Waals surface area contributed by atoms with Crippen molar-refractivity contribution >= 4 is 6.09 Å². The van der Waals surface area contributed by atoms with E-state index in [0.29, 0.717) is 17.9 Å². The average Bonchev–Trinajstić information content (AvgIpc) is 3.16. The summed E-state index contributed by atoms with van der Waals surface area (Å²) in [5.41, 5.74) is -0.494. The predicted octanol–water partition coefficient (Wildman–Crippen LogP) is 1.38. The lowest BCUT2D eigenvalue weighted by Gasteiger charge is -2.31. The second-order valence-electron chi connectivity index (χ2n) is 5.40. The summed E-state index contributed by atoms with van der Waals surface area (Å²) in [4.78, 5) is 10.7. The fourth-order valence-electron chi connectivity index (χ4n) is 2.52. The summed E-state index contributed by atoms with van der Waals surface area (Å²) in [6.07, 6.45) is -0.451. The molecule has 0 spiro atoms. The van der Waals surface area contributed by atoms with Crippen molar-refractivity contribution in [2.45, 2.75) is 37.0 Å². The van der Waals surface area contributed by atoms with Crippen molar-refractivity contribution in [3.8, 4) is 11.5 Å². The van der Waals surface area contributed by atoms with Crippen molar-refractivity contribution in [1.29, 1.82) is 0 Å². The van der Waals surface area contributed by atoms with Crippen molar-refractivity contribution in [2.75, 3.05) is 6.61 Å². The Kier molecular flexibility index (Phi) is 3.17. The van der Waals surface area contributed by atoms with Crippen molar-refractivity contribution < 1.29 is 24.5 Å². The van der Waals surface area contributed by atoms with E-state index < -0.39 is 23.8 Å². The smallest absolute Gasteiger partial charge is 0.405 e. The molecule has 3 N–H and O–H groups in total. The molecule has 1 aromatic carbocycles. The van der Waals surface area contributed by atoms with Crippen molar-refractivity contribution in [3.63, 3.8) is 0 Å². The van der Waals surface area contributed by atoms with Crippen LogP contribution in [0.15, 0.2) is 24.3 Å². The summed E-state index contributed by atoms with van der Waals surface area (Å²) < 4.78 is 11.3. The minimum absolute atomic E-state index is 0.265. The summed E-state index contributed by atoms with van der Waals surface area (Å²) in [5, 5.41) is 21.5. The monoisotopic (exact) mass is 279 g/mol. The van der Waals surface area contributed by atoms with Crippen LogP contribution in [0.3, 0.4) is 0 Å². The fourth-order valence-corrected chi connectivity index (χ4v) is 2.52. The number of nitrogens with one attached hydrogen (secondary N) is 1. The van der Waals surface area contributed by atoms with Gasteiger partial charge in [0.2, 0.25) is 0 Å². The largest absolute Gasteiger partial charge is 0.486 e. The molecule has 0 radical (unpaired) electrons. The molecule has 1 saturated carbocycles. The van der Waals surface area contributed by atoms with Crippen LogP contribution in [-0.4, -0.2) is 40.7 Å². The number of fused-ring (bicyclic) bond motifs is 1. The number of benzene rings is 1. The maximum atomic E-state index is 10.7. The molecule has 1 heterocycles. The van der Waals surface area contributed by atoms with Gasteiger partial charge in [-0.25, -0.2) is 4.79 Å². The molecule has 20 heavy (non-hydrogen) atoms. The zero-order valence-electron chi connectivity index (χ0n) is 10.9. The van der Waals surface area contributed by atoms with Crippen LogP contribution in [0.25, 0.3) is 0 Å². The second-order valence-corrected chi connectivity index (χ2v) is 5.40. The summed E-state index contributed by atoms with van der Waals surface area (Å²) in [6, 6.07) is 7.29. The molecule has 6 nitrogen and oxygen atoms in total. The van der Waals surface area contributed by atoms with E-state index in [1.54, 1.807) is 6.07 Å². The van der Waals surface area contributed by atoms with Crippen molar-refractivity contribution in [3.05, 3.63) is 24.3 Å². The minimum Gasteiger partial charge on any atom is -0.486 e. The third-order valence-corrected chi connectivity index (χ3v) is 3.79. The molecule has 2 aliphatic rings. The highest BCUT2D eigenvalue weighted by molar-refractivity contribution is 5.66. The third kappa shape index (κ3) is 2.65. The standard InChI is InChI=1S/C14H17NO5/c16-9(7-14(5-6-14)15-13(17)18)12-8-19-10-3-1-2-4-11(10)20-12/h1-4,9,12,15-16H,5-8H2,(H,17,18). The van der Waals surface area contributed by atoms with E-state index in [-0.39, 0.29) is 6.61 Å². The van der Waals surface area contributed by atoms with Gasteiger partial charge in [-0.2, -0.15) is 0 Å². The van der Waals surface area contributed by atoms with E-state index in [9.17, 15) is 9.90 Å². The third-order valence-electron chi connectivity index (χ3n) is 3.79. The van der Waals surface area contributed by atoms with Crippen molar-refractivity contribution in [1.82, 2.24) is 5.32 Å². The van der Waals surface area contributed by atoms with Gasteiger partial charge in [-0.15, -0.1) is 0 Å². The number of hydrogen-bond donors (Lipinski definition) is 3. The fraction of sp³-hybridized carbons (Fsp3) is 0.500. The SMILES string of the molecule is O=C(O)NC1(CC(O)C2COc3ccccc3O2)CC1. The first-order valence-corrected chi connectivity index (χ1v) is 6.66. The highest BCUT2D eigenvalue weighted by atomic mass is 16.6. The van der Waals surface area contributed by atoms with Gasteiger partial charge in [-0.3, -0.25) is 0 Å². The number of rotatable bonds is 4. The molecule has 1 aliphatic heterocycles. The minimum atomic E-state index is -1.05. The molecule has 6 heteroatoms. The molecule has 0 saturated heterocycles. The summed E-state index contributed by atoms with van der Waals surface area (Å²) >= 11 is 0. The highest BCUT2D eigenvalue weighted by Crippen LogP contribution is 2.41. The molecule has 2 atom stereocenters. The van der Waals surface area contributed by atoms with Gasteiger partial charge in [0.1, 0.15) is 6.61 Å². The summed E-state index contributed by atoms with van der Waals surface area (Å²) in [5.74, 6) is 1.28. The maximum Gasteiger partial charge on any atom is 0.405 e. The van der Waals surface area contributed by atoms with E-state index in [2.05, 4.69) is 5.32 Å². The molecule has 108 valence electrons. The topological polar surface area (TPSA) is 88.0 Å². The van der Waals surface area contributed by atoms with Gasteiger partial charge in [0, 0.05) is 12.0 Å². The van der Waals surface area contributed by atoms with Crippen LogP contribution in [-0.2, 0) is 0 Å². The second kappa shape index (κ2) is 4.86. The average molecular weight is 279 g/mol. The molecule has 0 bridgehead atoms. The van der Waals surface area contributed by atoms with Gasteiger partial charge in [0.25, 0.3) is 0 Å². The number of hydrogen-bond acceptors (Lipinski definition) is 4. The molecule has 0 aromatic heterocycles. The van der Waals surface area contributed by atoms with E-state index in [1.807, 2.05) is 18.2 Å². The number of carbonyl (C=O) groups is 1. The number of para-hydroxylation sites is 2. The Morgan fingerprint density at radius 3 is 2.75 bits per heavy atom. The molecule has 2 unspecified atom stereocenters. The number of carboxylic acid groups (broad SMARTS) is 1. The van der Waals surface area contributed by atoms with E-state index >= 15 is 0 Å². The van der Waals surface area contributed by atoms with Gasteiger partial charge in [0.15, 0.2) is 17.6 Å². The quantitative estimate of drug-likeness (QED) is 0.775. The van der Waals surface area contributed by atoms with Crippen LogP contribution in [0.2, 0.25) is 0 Å². The normalized spacial score (nSPS) is 23.8. The molecule has 1 aliphatic carbocycles. The Balaban J connectivity index is 1.62. The Morgan fingerprint density at radius 1 is 1.40 bits per heavy atom. The van der Waals surface area contributed by atoms with Gasteiger partial charge in [-0.05, 0) is 25.0 Å². The maximum absolute atomic E-state index is 10.7. The molecular weight excluding hydrogens is 262 g/mol. The summed E-state index contributed by atoms with van der Waals surface area (Å²) in [6.45, 7) is 0.265. The number of aliphatic hydroxyl groups excluding tert-OH is 1. The molecule has 1 fully saturated rings. The van der Waals surface area contributed by atoms with Crippen LogP contribution in [0, 0.1) is 0 Å². The lowest BCUT2D eigenvalue weighted by Crippen LogP contribution is -2.45. The van der Waals surface area contributed by atoms with Crippen LogP contribution in [0.5, 0.6) is 11.5 Å². The van der Waals surface area contributed by atoms with Gasteiger partial charge in [-0.1, -0.05) is 12.1 Å². The molecule has 3 rings (SSSR count). The Hall–Kier alpha value is -1.95. The number of aliphatic hydroxyl groups is 1. The van der Waals surface area contributed by atoms with E-state index in [4.69, 9.17) is 14.6 Å². The van der Waals surface area contributed by atoms with Crippen LogP contribution < -0.4 is 14.8 Å². The number of ether oxygens (including phenoxy) is 2. The van der Waals surface area contributed by atoms with Crippen LogP contribution in [0.4, 0.5) is 4.79 Å². The van der Waals surface area contributed by atoms with E-state index in [0.717, 1.165) is 12.8 Å². The molecule has 1 aromatic rings. The predicted molar refractivity (Wildman–Crippen MR) is 70.1 cm³/mol.